The van der Waals surface area contributed by atoms with Gasteiger partial charge in [0.15, 0.2) is 5.78 Å². The van der Waals surface area contributed by atoms with Crippen LogP contribution in [0.4, 0.5) is 0 Å². The van der Waals surface area contributed by atoms with Gasteiger partial charge >= 0.3 is 5.97 Å². The summed E-state index contributed by atoms with van der Waals surface area (Å²) in [5.74, 6) is -0.379. The van der Waals surface area contributed by atoms with Crippen LogP contribution in [-0.4, -0.2) is 23.8 Å². The van der Waals surface area contributed by atoms with Crippen LogP contribution >= 0.6 is 0 Å². The molecule has 0 aromatic carbocycles. The molecule has 0 aliphatic carbocycles. The van der Waals surface area contributed by atoms with Crippen LogP contribution < -0.4 is 0 Å². The number of esters is 1. The molecule has 1 rings (SSSR count). The number of ether oxygens (including phenoxy) is 1. The van der Waals surface area contributed by atoms with E-state index in [9.17, 15) is 9.59 Å². The molecule has 0 bridgehead atoms. The van der Waals surface area contributed by atoms with Gasteiger partial charge in [-0.15, -0.1) is 0 Å². The van der Waals surface area contributed by atoms with E-state index in [1.165, 1.54) is 20.2 Å². The van der Waals surface area contributed by atoms with Crippen LogP contribution in [0.2, 0.25) is 0 Å². The van der Waals surface area contributed by atoms with Gasteiger partial charge in [-0.1, -0.05) is 0 Å². The Labute approximate surface area is 81.9 Å². The van der Waals surface area contributed by atoms with Gasteiger partial charge in [0.05, 0.1) is 19.2 Å². The van der Waals surface area contributed by atoms with E-state index in [1.54, 1.807) is 12.1 Å². The zero-order chi connectivity index (χ0) is 10.6. The highest BCUT2D eigenvalue weighted by Crippen LogP contribution is 2.02. The van der Waals surface area contributed by atoms with Crippen molar-refractivity contribution >= 4 is 11.8 Å². The van der Waals surface area contributed by atoms with Gasteiger partial charge < -0.3 is 4.74 Å². The number of methoxy groups -OCH3 is 1. The zero-order valence-corrected chi connectivity index (χ0v) is 8.11. The summed E-state index contributed by atoms with van der Waals surface area (Å²) in [5.41, 5.74) is 1.14. The molecule has 1 heterocycles. The lowest BCUT2D eigenvalue weighted by molar-refractivity contribution is -0.139. The monoisotopic (exact) mass is 193 g/mol. The van der Waals surface area contributed by atoms with E-state index < -0.39 is 0 Å². The summed E-state index contributed by atoms with van der Waals surface area (Å²) >= 11 is 0. The minimum absolute atomic E-state index is 0.0397. The molecule has 0 aliphatic rings. The summed E-state index contributed by atoms with van der Waals surface area (Å²) in [4.78, 5) is 25.7. The first-order valence-corrected chi connectivity index (χ1v) is 4.16. The number of hydrogen-bond donors (Lipinski definition) is 0. The van der Waals surface area contributed by atoms with Crippen molar-refractivity contribution < 1.29 is 14.3 Å². The average Bonchev–Trinajstić information content (AvgIpc) is 2.18. The van der Waals surface area contributed by atoms with Crippen LogP contribution in [0.1, 0.15) is 23.0 Å². The molecule has 0 fully saturated rings. The number of ketones is 1. The van der Waals surface area contributed by atoms with Gasteiger partial charge in [-0.2, -0.15) is 0 Å². The maximum atomic E-state index is 10.9. The van der Waals surface area contributed by atoms with Crippen molar-refractivity contribution in [1.82, 2.24) is 4.98 Å². The Kier molecular flexibility index (Phi) is 3.34. The number of pyridine rings is 1. The second kappa shape index (κ2) is 4.50. The number of hydrogen-bond acceptors (Lipinski definition) is 4. The van der Waals surface area contributed by atoms with Gasteiger partial charge in [0.25, 0.3) is 0 Å². The standard InChI is InChI=1S/C10H11NO3/c1-7(12)8-3-4-9(11-6-8)5-10(13)14-2/h3-4,6H,5H2,1-2H3. The van der Waals surface area contributed by atoms with Gasteiger partial charge in [0.1, 0.15) is 0 Å². The van der Waals surface area contributed by atoms with E-state index >= 15 is 0 Å². The lowest BCUT2D eigenvalue weighted by Crippen LogP contribution is -2.06. The molecule has 0 radical (unpaired) electrons. The summed E-state index contributed by atoms with van der Waals surface area (Å²) in [6.45, 7) is 1.47. The molecular weight excluding hydrogens is 182 g/mol. The SMILES string of the molecule is COC(=O)Cc1ccc(C(C)=O)cn1. The van der Waals surface area contributed by atoms with Crippen LogP contribution in [0.15, 0.2) is 18.3 Å². The molecule has 14 heavy (non-hydrogen) atoms. The van der Waals surface area contributed by atoms with Crippen molar-refractivity contribution in [2.75, 3.05) is 7.11 Å². The maximum absolute atomic E-state index is 10.9. The molecular formula is C10H11NO3. The second-order valence-corrected chi connectivity index (χ2v) is 2.85. The highest BCUT2D eigenvalue weighted by Gasteiger charge is 2.05. The number of aromatic nitrogens is 1. The minimum Gasteiger partial charge on any atom is -0.469 e. The lowest BCUT2D eigenvalue weighted by Gasteiger charge is -1.99. The molecule has 1 aromatic rings. The summed E-state index contributed by atoms with van der Waals surface area (Å²) in [7, 11) is 1.33. The van der Waals surface area contributed by atoms with Crippen molar-refractivity contribution in [1.29, 1.82) is 0 Å². The fourth-order valence-corrected chi connectivity index (χ4v) is 0.957. The fraction of sp³-hybridized carbons (Fsp3) is 0.300. The molecule has 0 saturated carbocycles. The molecule has 1 aromatic heterocycles. The highest BCUT2D eigenvalue weighted by atomic mass is 16.5. The van der Waals surface area contributed by atoms with Crippen molar-refractivity contribution in [2.45, 2.75) is 13.3 Å². The van der Waals surface area contributed by atoms with E-state index in [-0.39, 0.29) is 18.2 Å². The minimum atomic E-state index is -0.340. The number of Topliss-reactive ketones (excluding diaryl/α,β-unsaturated/α-hetero) is 1. The van der Waals surface area contributed by atoms with Crippen molar-refractivity contribution in [2.24, 2.45) is 0 Å². The molecule has 0 saturated heterocycles. The summed E-state index contributed by atoms with van der Waals surface area (Å²) in [5, 5.41) is 0. The third-order valence-corrected chi connectivity index (χ3v) is 1.78. The third kappa shape index (κ3) is 2.65. The largest absolute Gasteiger partial charge is 0.469 e. The second-order valence-electron chi connectivity index (χ2n) is 2.85. The van der Waals surface area contributed by atoms with Gasteiger partial charge in [-0.3, -0.25) is 14.6 Å². The lowest BCUT2D eigenvalue weighted by atomic mass is 10.2. The quantitative estimate of drug-likeness (QED) is 0.530. The Morgan fingerprint density at radius 1 is 1.43 bits per heavy atom. The van der Waals surface area contributed by atoms with Gasteiger partial charge in [-0.05, 0) is 19.1 Å². The fourth-order valence-electron chi connectivity index (χ4n) is 0.957. The molecule has 74 valence electrons. The molecule has 4 nitrogen and oxygen atoms in total. The van der Waals surface area contributed by atoms with E-state index in [2.05, 4.69) is 9.72 Å². The van der Waals surface area contributed by atoms with Crippen LogP contribution in [0, 0.1) is 0 Å². The van der Waals surface area contributed by atoms with Crippen LogP contribution in [0.5, 0.6) is 0 Å². The van der Waals surface area contributed by atoms with Crippen molar-refractivity contribution in [3.8, 4) is 0 Å². The first-order chi connectivity index (χ1) is 6.63. The van der Waals surface area contributed by atoms with E-state index in [0.29, 0.717) is 11.3 Å². The van der Waals surface area contributed by atoms with Gasteiger partial charge in [0.2, 0.25) is 0 Å². The number of carbonyl (C=O) groups excluding carboxylic acids is 2. The van der Waals surface area contributed by atoms with Crippen molar-refractivity contribution in [3.05, 3.63) is 29.6 Å². The highest BCUT2D eigenvalue weighted by molar-refractivity contribution is 5.93. The summed E-state index contributed by atoms with van der Waals surface area (Å²) in [6.07, 6.45) is 1.59. The first-order valence-electron chi connectivity index (χ1n) is 4.16. The van der Waals surface area contributed by atoms with Crippen molar-refractivity contribution in [3.63, 3.8) is 0 Å². The van der Waals surface area contributed by atoms with E-state index in [1.807, 2.05) is 0 Å². The number of nitrogens with zero attached hydrogens (tertiary/aromatic N) is 1. The summed E-state index contributed by atoms with van der Waals surface area (Å²) < 4.78 is 4.49. The zero-order valence-electron chi connectivity index (χ0n) is 8.11. The van der Waals surface area contributed by atoms with Crippen LogP contribution in [0.3, 0.4) is 0 Å². The number of rotatable bonds is 3. The Morgan fingerprint density at radius 2 is 2.14 bits per heavy atom. The molecule has 0 N–H and O–H groups in total. The average molecular weight is 193 g/mol. The Morgan fingerprint density at radius 3 is 2.57 bits per heavy atom. The topological polar surface area (TPSA) is 56.3 Å². The Bertz CT molecular complexity index is 343. The predicted molar refractivity (Wildman–Crippen MR) is 50.0 cm³/mol. The third-order valence-electron chi connectivity index (χ3n) is 1.78. The molecule has 0 amide bonds. The van der Waals surface area contributed by atoms with Gasteiger partial charge in [-0.25, -0.2) is 0 Å². The smallest absolute Gasteiger partial charge is 0.311 e. The van der Waals surface area contributed by atoms with Crippen LogP contribution in [0.25, 0.3) is 0 Å². The number of carbonyl (C=O) groups is 2. The Balaban J connectivity index is 2.73. The molecule has 0 aliphatic heterocycles. The van der Waals surface area contributed by atoms with Crippen LogP contribution in [-0.2, 0) is 16.0 Å². The van der Waals surface area contributed by atoms with E-state index in [4.69, 9.17) is 0 Å². The molecule has 0 unspecified atom stereocenters. The summed E-state index contributed by atoms with van der Waals surface area (Å²) in [6, 6.07) is 3.29. The predicted octanol–water partition coefficient (Wildman–Crippen LogP) is 1.000. The molecule has 0 spiro atoms. The first kappa shape index (κ1) is 10.4. The normalized spacial score (nSPS) is 9.57. The molecule has 4 heteroatoms. The van der Waals surface area contributed by atoms with E-state index in [0.717, 1.165) is 0 Å². The maximum Gasteiger partial charge on any atom is 0.311 e. The van der Waals surface area contributed by atoms with Gasteiger partial charge in [0, 0.05) is 11.8 Å². The Hall–Kier alpha value is -1.71. The molecule has 0 atom stereocenters.